The normalized spacial score (nSPS) is 9.71. The van der Waals surface area contributed by atoms with E-state index in [-0.39, 0.29) is 68.4 Å². The molecule has 0 unspecified atom stereocenters. The molecule has 2 aromatic rings. The van der Waals surface area contributed by atoms with Gasteiger partial charge in [0.15, 0.2) is 0 Å². The van der Waals surface area contributed by atoms with Crippen LogP contribution in [-0.4, -0.2) is 11.2 Å². The van der Waals surface area contributed by atoms with Crippen LogP contribution in [0.3, 0.4) is 0 Å². The zero-order valence-corrected chi connectivity index (χ0v) is 18.1. The minimum Gasteiger partial charge on any atom is -0.481 e. The van der Waals surface area contributed by atoms with Gasteiger partial charge in [-0.25, -0.2) is 8.78 Å². The molecule has 2 rings (SSSR count). The summed E-state index contributed by atoms with van der Waals surface area (Å²) in [5, 5.41) is 0. The van der Waals surface area contributed by atoms with Crippen molar-refractivity contribution in [3.63, 3.8) is 0 Å². The molecule has 123 valence electrons. The topological polar surface area (TPSA) is 31.2 Å². The molecule has 0 N–H and O–H groups in total. The fourth-order valence-corrected chi connectivity index (χ4v) is 2.51. The summed E-state index contributed by atoms with van der Waals surface area (Å²) in [5.41, 5.74) is -0.527. The fraction of sp³-hybridized carbons (Fsp3) is 0.235. The second-order valence-electron chi connectivity index (χ2n) is 4.51. The first-order chi connectivity index (χ1) is 11.0. The van der Waals surface area contributed by atoms with Crippen LogP contribution in [-0.2, 0) is 39.3 Å². The molecule has 0 fully saturated rings. The number of benzene rings is 1. The Hall–Kier alpha value is -0.776. The van der Waals surface area contributed by atoms with Gasteiger partial charge in [-0.15, -0.1) is 28.5 Å². The van der Waals surface area contributed by atoms with E-state index in [1.807, 2.05) is 22.6 Å². The average Bonchev–Trinajstić information content (AvgIpc) is 2.50. The zero-order valence-electron chi connectivity index (χ0n) is 13.1. The molecule has 1 aromatic heterocycles. The van der Waals surface area contributed by atoms with Crippen LogP contribution in [0.4, 0.5) is 8.78 Å². The van der Waals surface area contributed by atoms with Gasteiger partial charge in [0.25, 0.3) is 0 Å². The molecule has 0 amide bonds. The first kappa shape index (κ1) is 21.3. The fourth-order valence-electron chi connectivity index (χ4n) is 2.06. The number of rotatable bonds is 4. The van der Waals surface area contributed by atoms with Crippen molar-refractivity contribution in [2.75, 3.05) is 6.61 Å². The Morgan fingerprint density at radius 3 is 2.50 bits per heavy atom. The molecule has 3 nitrogen and oxygen atoms in total. The van der Waals surface area contributed by atoms with Crippen molar-refractivity contribution in [3.05, 3.63) is 49.8 Å². The Labute approximate surface area is 177 Å². The van der Waals surface area contributed by atoms with Crippen LogP contribution in [0.1, 0.15) is 13.8 Å². The van der Waals surface area contributed by atoms with Crippen molar-refractivity contribution >= 4 is 22.6 Å². The minimum atomic E-state index is -0.816. The van der Waals surface area contributed by atoms with E-state index in [4.69, 9.17) is 4.74 Å². The smallest absolute Gasteiger partial charge is 0.207 e. The van der Waals surface area contributed by atoms with E-state index in [0.717, 1.165) is 12.1 Å². The van der Waals surface area contributed by atoms with Gasteiger partial charge in [0.1, 0.15) is 12.4 Å². The molecule has 7 heteroatoms. The van der Waals surface area contributed by atoms with E-state index >= 15 is 0 Å². The largest absolute Gasteiger partial charge is 0.481 e. The Morgan fingerprint density at radius 2 is 1.96 bits per heavy atom. The third kappa shape index (κ3) is 4.65. The molecule has 0 aliphatic carbocycles. The summed E-state index contributed by atoms with van der Waals surface area (Å²) < 4.78 is 35.6. The molecular formula is C17H13F2INO2Y-. The minimum absolute atomic E-state index is 0. The van der Waals surface area contributed by atoms with Gasteiger partial charge < -0.3 is 9.30 Å². The van der Waals surface area contributed by atoms with E-state index in [0.29, 0.717) is 3.57 Å². The number of aromatic nitrogens is 1. The average molecular weight is 517 g/mol. The van der Waals surface area contributed by atoms with Gasteiger partial charge in [-0.2, -0.15) is 12.1 Å². The van der Waals surface area contributed by atoms with Gasteiger partial charge in [0, 0.05) is 51.4 Å². The number of hydrogen-bond acceptors (Lipinski definition) is 2. The van der Waals surface area contributed by atoms with E-state index in [1.54, 1.807) is 13.8 Å². The molecule has 0 aliphatic heterocycles. The van der Waals surface area contributed by atoms with Gasteiger partial charge in [-0.3, -0.25) is 4.79 Å². The van der Waals surface area contributed by atoms with Crippen molar-refractivity contribution in [1.82, 2.24) is 4.57 Å². The van der Waals surface area contributed by atoms with Crippen LogP contribution in [0.15, 0.2) is 23.0 Å². The molecular weight excluding hydrogens is 504 g/mol. The molecule has 1 heterocycles. The third-order valence-electron chi connectivity index (χ3n) is 3.11. The van der Waals surface area contributed by atoms with Crippen molar-refractivity contribution in [2.45, 2.75) is 20.4 Å². The summed E-state index contributed by atoms with van der Waals surface area (Å²) in [6.07, 6.45) is 0. The third-order valence-corrected chi connectivity index (χ3v) is 3.88. The van der Waals surface area contributed by atoms with Crippen LogP contribution < -0.4 is 10.3 Å². The number of pyridine rings is 1. The Bertz CT molecular complexity index is 833. The number of nitrogens with zero attached hydrogens (tertiary/aromatic N) is 1. The quantitative estimate of drug-likeness (QED) is 0.353. The summed E-state index contributed by atoms with van der Waals surface area (Å²) in [7, 11) is 0. The monoisotopic (exact) mass is 517 g/mol. The van der Waals surface area contributed by atoms with Crippen molar-refractivity contribution < 1.29 is 46.2 Å². The molecule has 1 aromatic carbocycles. The van der Waals surface area contributed by atoms with E-state index in [9.17, 15) is 13.6 Å². The van der Waals surface area contributed by atoms with Crippen LogP contribution in [0, 0.1) is 33.1 Å². The number of ether oxygens (including phenoxy) is 1. The van der Waals surface area contributed by atoms with E-state index in [2.05, 4.69) is 17.9 Å². The summed E-state index contributed by atoms with van der Waals surface area (Å²) in [5.74, 6) is 3.68. The summed E-state index contributed by atoms with van der Waals surface area (Å²) >= 11 is 1.87. The zero-order chi connectivity index (χ0) is 17.0. The number of halogens is 3. The molecule has 24 heavy (non-hydrogen) atoms. The molecule has 0 aliphatic rings. The van der Waals surface area contributed by atoms with Crippen LogP contribution in [0.2, 0.25) is 0 Å². The Kier molecular flexibility index (Phi) is 8.54. The molecule has 0 bridgehead atoms. The predicted molar refractivity (Wildman–Crippen MR) is 92.2 cm³/mol. The molecule has 1 radical (unpaired) electrons. The maximum absolute atomic E-state index is 14.4. The molecule has 0 atom stereocenters. The van der Waals surface area contributed by atoms with Gasteiger partial charge in [-0.1, -0.05) is 11.6 Å². The van der Waals surface area contributed by atoms with E-state index < -0.39 is 11.6 Å². The van der Waals surface area contributed by atoms with Crippen LogP contribution in [0.25, 0.3) is 11.3 Å². The summed E-state index contributed by atoms with van der Waals surface area (Å²) in [4.78, 5) is 12.1. The first-order valence-corrected chi connectivity index (χ1v) is 7.90. The molecule has 0 saturated heterocycles. The second kappa shape index (κ2) is 9.64. The van der Waals surface area contributed by atoms with Gasteiger partial charge >= 0.3 is 0 Å². The predicted octanol–water partition coefficient (Wildman–Crippen LogP) is 3.62. The van der Waals surface area contributed by atoms with Crippen LogP contribution >= 0.6 is 22.6 Å². The van der Waals surface area contributed by atoms with Crippen LogP contribution in [0.5, 0.6) is 5.75 Å². The Balaban J connectivity index is 0.00000288. The van der Waals surface area contributed by atoms with Crippen molar-refractivity contribution in [1.29, 1.82) is 0 Å². The molecule has 0 saturated carbocycles. The summed E-state index contributed by atoms with van der Waals surface area (Å²) in [6, 6.07) is 6.35. The van der Waals surface area contributed by atoms with E-state index in [1.165, 1.54) is 10.6 Å². The maximum atomic E-state index is 14.4. The van der Waals surface area contributed by atoms with Gasteiger partial charge in [0.05, 0.1) is 11.6 Å². The van der Waals surface area contributed by atoms with Crippen molar-refractivity contribution in [2.24, 2.45) is 0 Å². The van der Waals surface area contributed by atoms with Gasteiger partial charge in [0.2, 0.25) is 5.56 Å². The first-order valence-electron chi connectivity index (χ1n) is 6.82. The standard InChI is InChI=1S/C17H13F2INO2.Y/c1-3-5-8-23-11-9-12(18)16(13(19)10-11)15-7-6-14(20)17(22)21(15)4-2;/h6,9-10H,4,8H2,1-2H3;/q-1;. The number of hydrogen-bond donors (Lipinski definition) is 0. The molecule has 0 spiro atoms. The van der Waals surface area contributed by atoms with Crippen molar-refractivity contribution in [3.8, 4) is 28.8 Å². The Morgan fingerprint density at radius 1 is 1.33 bits per heavy atom. The second-order valence-corrected chi connectivity index (χ2v) is 5.67. The SMILES string of the molecule is CC#CCOc1cc(F)c(-c2[c-]cc(I)c(=O)n2CC)c(F)c1.[Y]. The van der Waals surface area contributed by atoms with Gasteiger partial charge in [-0.05, 0) is 23.0 Å². The maximum Gasteiger partial charge on any atom is 0.207 e. The summed E-state index contributed by atoms with van der Waals surface area (Å²) in [6.45, 7) is 3.70.